The van der Waals surface area contributed by atoms with Gasteiger partial charge in [-0.2, -0.15) is 0 Å². The van der Waals surface area contributed by atoms with E-state index in [1.165, 1.54) is 0 Å². The number of rotatable bonds is 6. The molecule has 1 fully saturated rings. The number of amides is 1. The Balaban J connectivity index is 1.56. The molecule has 3 rings (SSSR count). The average molecular weight is 389 g/mol. The van der Waals surface area contributed by atoms with Crippen LogP contribution in [0.2, 0.25) is 5.02 Å². The number of ketones is 1. The number of piperazine rings is 1. The first kappa shape index (κ1) is 19.1. The number of halogens is 1. The maximum atomic E-state index is 12.5. The predicted molar refractivity (Wildman–Crippen MR) is 102 cm³/mol. The van der Waals surface area contributed by atoms with Gasteiger partial charge in [-0.15, -0.1) is 0 Å². The number of hydrogen-bond donors (Lipinski definition) is 0. The number of benzene rings is 1. The van der Waals surface area contributed by atoms with Gasteiger partial charge in [0.25, 0.3) is 5.91 Å². The number of ether oxygens (including phenoxy) is 1. The molecule has 0 N–H and O–H groups in total. The van der Waals surface area contributed by atoms with Gasteiger partial charge in [-0.05, 0) is 24.3 Å². The van der Waals surface area contributed by atoms with E-state index in [1.54, 1.807) is 48.5 Å². The Bertz CT molecular complexity index is 808. The van der Waals surface area contributed by atoms with Crippen molar-refractivity contribution in [3.05, 3.63) is 47.2 Å². The van der Waals surface area contributed by atoms with Gasteiger partial charge < -0.3 is 14.5 Å². The molecule has 1 saturated heterocycles. The number of aromatic nitrogens is 2. The summed E-state index contributed by atoms with van der Waals surface area (Å²) in [6, 6.07) is 6.62. The van der Waals surface area contributed by atoms with Crippen LogP contribution in [0.15, 0.2) is 36.7 Å². The highest BCUT2D eigenvalue weighted by Crippen LogP contribution is 2.24. The monoisotopic (exact) mass is 388 g/mol. The van der Waals surface area contributed by atoms with Crippen molar-refractivity contribution in [3.8, 4) is 5.75 Å². The zero-order valence-corrected chi connectivity index (χ0v) is 15.9. The zero-order valence-electron chi connectivity index (χ0n) is 15.1. The first-order valence-electron chi connectivity index (χ1n) is 8.83. The molecule has 1 aromatic heterocycles. The Morgan fingerprint density at radius 3 is 2.52 bits per heavy atom. The van der Waals surface area contributed by atoms with E-state index in [4.69, 9.17) is 16.3 Å². The molecule has 142 valence electrons. The molecule has 8 heteroatoms. The number of anilines is 1. The van der Waals surface area contributed by atoms with Gasteiger partial charge in [-0.3, -0.25) is 9.59 Å². The number of nitrogens with zero attached hydrogens (tertiary/aromatic N) is 4. The molecule has 1 aliphatic heterocycles. The van der Waals surface area contributed by atoms with Crippen LogP contribution in [0.4, 0.5) is 5.95 Å². The molecular formula is C19H21ClN4O3. The van der Waals surface area contributed by atoms with E-state index in [0.29, 0.717) is 54.9 Å². The first-order chi connectivity index (χ1) is 13.1. The number of Topliss-reactive ketones (excluding diaryl/α,β-unsaturated/α-hetero) is 1. The third-order valence-electron chi connectivity index (χ3n) is 4.38. The molecule has 1 aromatic carbocycles. The van der Waals surface area contributed by atoms with Crippen molar-refractivity contribution >= 4 is 29.2 Å². The van der Waals surface area contributed by atoms with Crippen molar-refractivity contribution in [2.75, 3.05) is 37.7 Å². The molecule has 0 spiro atoms. The van der Waals surface area contributed by atoms with E-state index >= 15 is 0 Å². The SMILES string of the molecule is CCC(=O)c1cc(Cl)ccc1OCC(=O)N1CCN(c2ncccn2)CC1. The van der Waals surface area contributed by atoms with E-state index in [1.807, 2.05) is 4.90 Å². The summed E-state index contributed by atoms with van der Waals surface area (Å²) in [5.41, 5.74) is 0.406. The standard InChI is InChI=1S/C19H21ClN4O3/c1-2-16(25)15-12-14(20)4-5-17(15)27-13-18(26)23-8-10-24(11-9-23)19-21-6-3-7-22-19/h3-7,12H,2,8-11,13H2,1H3. The Morgan fingerprint density at radius 1 is 1.15 bits per heavy atom. The number of hydrogen-bond acceptors (Lipinski definition) is 6. The lowest BCUT2D eigenvalue weighted by molar-refractivity contribution is -0.133. The molecule has 2 heterocycles. The van der Waals surface area contributed by atoms with Gasteiger partial charge in [0.05, 0.1) is 5.56 Å². The Morgan fingerprint density at radius 2 is 1.85 bits per heavy atom. The minimum atomic E-state index is -0.118. The normalized spacial score (nSPS) is 14.1. The third-order valence-corrected chi connectivity index (χ3v) is 4.62. The summed E-state index contributed by atoms with van der Waals surface area (Å²) in [7, 11) is 0. The minimum absolute atomic E-state index is 0.0728. The number of carbonyl (C=O) groups excluding carboxylic acids is 2. The second kappa shape index (κ2) is 8.81. The third kappa shape index (κ3) is 4.74. The van der Waals surface area contributed by atoms with Crippen molar-refractivity contribution in [2.24, 2.45) is 0 Å². The molecular weight excluding hydrogens is 368 g/mol. The van der Waals surface area contributed by atoms with Crippen molar-refractivity contribution in [1.29, 1.82) is 0 Å². The lowest BCUT2D eigenvalue weighted by atomic mass is 10.1. The molecule has 2 aromatic rings. The van der Waals surface area contributed by atoms with Crippen LogP contribution >= 0.6 is 11.6 Å². The first-order valence-corrected chi connectivity index (χ1v) is 9.21. The number of carbonyl (C=O) groups is 2. The highest BCUT2D eigenvalue weighted by atomic mass is 35.5. The molecule has 0 atom stereocenters. The van der Waals surface area contributed by atoms with Crippen LogP contribution < -0.4 is 9.64 Å². The zero-order chi connectivity index (χ0) is 19.2. The van der Waals surface area contributed by atoms with E-state index in [2.05, 4.69) is 9.97 Å². The van der Waals surface area contributed by atoms with Crippen molar-refractivity contribution in [2.45, 2.75) is 13.3 Å². The maximum absolute atomic E-state index is 12.5. The van der Waals surface area contributed by atoms with Crippen LogP contribution in [0.5, 0.6) is 5.75 Å². The summed E-state index contributed by atoms with van der Waals surface area (Å²) >= 11 is 5.97. The smallest absolute Gasteiger partial charge is 0.260 e. The molecule has 7 nitrogen and oxygen atoms in total. The Hall–Kier alpha value is -2.67. The quantitative estimate of drug-likeness (QED) is 0.707. The van der Waals surface area contributed by atoms with Crippen molar-refractivity contribution < 1.29 is 14.3 Å². The Labute approximate surface area is 162 Å². The minimum Gasteiger partial charge on any atom is -0.483 e. The molecule has 27 heavy (non-hydrogen) atoms. The predicted octanol–water partition coefficient (Wildman–Crippen LogP) is 2.45. The lowest BCUT2D eigenvalue weighted by Gasteiger charge is -2.34. The second-order valence-electron chi connectivity index (χ2n) is 6.12. The molecule has 0 aliphatic carbocycles. The van der Waals surface area contributed by atoms with Gasteiger partial charge in [0.1, 0.15) is 5.75 Å². The summed E-state index contributed by atoms with van der Waals surface area (Å²) in [5, 5.41) is 0.463. The van der Waals surface area contributed by atoms with Crippen LogP contribution in [0.25, 0.3) is 0 Å². The van der Waals surface area contributed by atoms with Gasteiger partial charge in [0.15, 0.2) is 12.4 Å². The highest BCUT2D eigenvalue weighted by Gasteiger charge is 2.23. The fraction of sp³-hybridized carbons (Fsp3) is 0.368. The van der Waals surface area contributed by atoms with Gasteiger partial charge in [0.2, 0.25) is 5.95 Å². The second-order valence-corrected chi connectivity index (χ2v) is 6.56. The van der Waals surface area contributed by atoms with E-state index in [0.717, 1.165) is 0 Å². The largest absolute Gasteiger partial charge is 0.483 e. The van der Waals surface area contributed by atoms with Crippen LogP contribution in [0, 0.1) is 0 Å². The molecule has 0 bridgehead atoms. The Kier molecular flexibility index (Phi) is 6.24. The summed E-state index contributed by atoms with van der Waals surface area (Å²) in [4.78, 5) is 36.8. The maximum Gasteiger partial charge on any atom is 0.260 e. The van der Waals surface area contributed by atoms with Crippen LogP contribution in [-0.2, 0) is 4.79 Å². The average Bonchev–Trinajstić information content (AvgIpc) is 2.72. The molecule has 0 unspecified atom stereocenters. The van der Waals surface area contributed by atoms with Crippen molar-refractivity contribution in [1.82, 2.24) is 14.9 Å². The molecule has 0 radical (unpaired) electrons. The summed E-state index contributed by atoms with van der Waals surface area (Å²) in [6.45, 7) is 4.12. The van der Waals surface area contributed by atoms with E-state index in [9.17, 15) is 9.59 Å². The van der Waals surface area contributed by atoms with E-state index in [-0.39, 0.29) is 18.3 Å². The summed E-state index contributed by atoms with van der Waals surface area (Å²) in [6.07, 6.45) is 3.75. The van der Waals surface area contributed by atoms with Gasteiger partial charge >= 0.3 is 0 Å². The van der Waals surface area contributed by atoms with Gasteiger partial charge in [0, 0.05) is 50.0 Å². The van der Waals surface area contributed by atoms with E-state index < -0.39 is 0 Å². The topological polar surface area (TPSA) is 75.6 Å². The van der Waals surface area contributed by atoms with Crippen LogP contribution in [0.3, 0.4) is 0 Å². The molecule has 1 aliphatic rings. The fourth-order valence-corrected chi connectivity index (χ4v) is 3.05. The summed E-state index contributed by atoms with van der Waals surface area (Å²) in [5.74, 6) is 0.866. The fourth-order valence-electron chi connectivity index (χ4n) is 2.88. The summed E-state index contributed by atoms with van der Waals surface area (Å²) < 4.78 is 5.63. The van der Waals surface area contributed by atoms with Gasteiger partial charge in [-0.1, -0.05) is 18.5 Å². The van der Waals surface area contributed by atoms with Crippen molar-refractivity contribution in [3.63, 3.8) is 0 Å². The molecule has 1 amide bonds. The highest BCUT2D eigenvalue weighted by molar-refractivity contribution is 6.31. The van der Waals surface area contributed by atoms with Gasteiger partial charge in [-0.25, -0.2) is 9.97 Å². The van der Waals surface area contributed by atoms with Crippen LogP contribution in [-0.4, -0.2) is 59.3 Å². The molecule has 0 saturated carbocycles. The van der Waals surface area contributed by atoms with Crippen LogP contribution in [0.1, 0.15) is 23.7 Å². The lowest BCUT2D eigenvalue weighted by Crippen LogP contribution is -2.50.